The van der Waals surface area contributed by atoms with Gasteiger partial charge in [0.1, 0.15) is 0 Å². The van der Waals surface area contributed by atoms with Crippen LogP contribution in [-0.2, 0) is 11.2 Å². The molecule has 0 bridgehead atoms. The highest BCUT2D eigenvalue weighted by Gasteiger charge is 2.19. The summed E-state index contributed by atoms with van der Waals surface area (Å²) in [6.45, 7) is 5.36. The zero-order valence-electron chi connectivity index (χ0n) is 15.4. The van der Waals surface area contributed by atoms with E-state index in [2.05, 4.69) is 56.0 Å². The van der Waals surface area contributed by atoms with E-state index < -0.39 is 0 Å². The molecule has 1 nitrogen and oxygen atoms in total. The Morgan fingerprint density at radius 3 is 2.46 bits per heavy atom. The maximum absolute atomic E-state index is 5.93. The molecule has 1 aromatic carbocycles. The predicted octanol–water partition coefficient (Wildman–Crippen LogP) is 5.92. The van der Waals surface area contributed by atoms with Gasteiger partial charge in [-0.25, -0.2) is 0 Å². The van der Waals surface area contributed by atoms with Crippen molar-refractivity contribution < 1.29 is 4.74 Å². The number of allylic oxidation sites excluding steroid dienone is 2. The summed E-state index contributed by atoms with van der Waals surface area (Å²) in [7, 11) is 0. The molecule has 0 heterocycles. The van der Waals surface area contributed by atoms with Gasteiger partial charge in [0.05, 0.1) is 6.10 Å². The number of aryl methyl sites for hydroxylation is 1. The second-order valence-electron chi connectivity index (χ2n) is 6.84. The highest BCUT2D eigenvalue weighted by molar-refractivity contribution is 5.38. The molecular formula is C23H32O. The zero-order valence-corrected chi connectivity index (χ0v) is 15.4. The highest BCUT2D eigenvalue weighted by Crippen LogP contribution is 2.27. The molecule has 0 aromatic heterocycles. The van der Waals surface area contributed by atoms with Crippen LogP contribution in [-0.4, -0.2) is 12.7 Å². The fraction of sp³-hybridized carbons (Fsp3) is 0.565. The molecule has 1 aliphatic rings. The fourth-order valence-electron chi connectivity index (χ4n) is 3.19. The van der Waals surface area contributed by atoms with Gasteiger partial charge in [0, 0.05) is 12.2 Å². The minimum Gasteiger partial charge on any atom is -0.378 e. The van der Waals surface area contributed by atoms with Crippen molar-refractivity contribution in [3.63, 3.8) is 0 Å². The third kappa shape index (κ3) is 6.93. The van der Waals surface area contributed by atoms with Gasteiger partial charge in [0.15, 0.2) is 0 Å². The van der Waals surface area contributed by atoms with E-state index >= 15 is 0 Å². The minimum absolute atomic E-state index is 0.494. The molecule has 0 amide bonds. The molecule has 0 unspecified atom stereocenters. The molecule has 1 saturated carbocycles. The van der Waals surface area contributed by atoms with Crippen molar-refractivity contribution in [1.82, 2.24) is 0 Å². The monoisotopic (exact) mass is 324 g/mol. The Morgan fingerprint density at radius 1 is 1.04 bits per heavy atom. The summed E-state index contributed by atoms with van der Waals surface area (Å²) in [6, 6.07) is 8.64. The number of rotatable bonds is 7. The topological polar surface area (TPSA) is 9.23 Å². The molecule has 1 heteroatoms. The van der Waals surface area contributed by atoms with Gasteiger partial charge < -0.3 is 4.74 Å². The maximum atomic E-state index is 5.93. The third-order valence-corrected chi connectivity index (χ3v) is 4.73. The van der Waals surface area contributed by atoms with Gasteiger partial charge >= 0.3 is 0 Å². The van der Waals surface area contributed by atoms with Crippen LogP contribution >= 0.6 is 0 Å². The molecule has 1 fully saturated rings. The zero-order chi connectivity index (χ0) is 17.0. The van der Waals surface area contributed by atoms with Crippen LogP contribution in [0.15, 0.2) is 36.4 Å². The lowest BCUT2D eigenvalue weighted by Gasteiger charge is -2.26. The molecule has 0 aliphatic heterocycles. The average molecular weight is 325 g/mol. The summed E-state index contributed by atoms with van der Waals surface area (Å²) in [4.78, 5) is 0. The average Bonchev–Trinajstić information content (AvgIpc) is 2.62. The second-order valence-corrected chi connectivity index (χ2v) is 6.84. The number of benzene rings is 1. The van der Waals surface area contributed by atoms with Crippen molar-refractivity contribution in [2.24, 2.45) is 5.92 Å². The highest BCUT2D eigenvalue weighted by atomic mass is 16.5. The Kier molecular flexibility index (Phi) is 8.71. The quantitative estimate of drug-likeness (QED) is 0.446. The van der Waals surface area contributed by atoms with Crippen LogP contribution in [0.1, 0.15) is 69.9 Å². The first kappa shape index (κ1) is 18.8. The van der Waals surface area contributed by atoms with Gasteiger partial charge in [0.25, 0.3) is 0 Å². The summed E-state index contributed by atoms with van der Waals surface area (Å²) in [5, 5.41) is 0. The lowest BCUT2D eigenvalue weighted by atomic mass is 9.87. The van der Waals surface area contributed by atoms with E-state index in [0.717, 1.165) is 18.6 Å². The van der Waals surface area contributed by atoms with Crippen LogP contribution in [0.4, 0.5) is 0 Å². The molecule has 1 aromatic rings. The number of unbranched alkanes of at least 4 members (excludes halogenated alkanes) is 1. The first-order valence-electron chi connectivity index (χ1n) is 9.70. The van der Waals surface area contributed by atoms with Crippen LogP contribution in [0.5, 0.6) is 0 Å². The Balaban J connectivity index is 1.71. The van der Waals surface area contributed by atoms with E-state index in [-0.39, 0.29) is 0 Å². The summed E-state index contributed by atoms with van der Waals surface area (Å²) >= 11 is 0. The van der Waals surface area contributed by atoms with Gasteiger partial charge in [-0.1, -0.05) is 56.7 Å². The van der Waals surface area contributed by atoms with Crippen LogP contribution in [0, 0.1) is 17.8 Å². The normalized spacial score (nSPS) is 20.8. The van der Waals surface area contributed by atoms with Crippen molar-refractivity contribution in [3.05, 3.63) is 47.5 Å². The van der Waals surface area contributed by atoms with Crippen LogP contribution in [0.25, 0.3) is 0 Å². The Hall–Kier alpha value is -1.52. The number of ether oxygens (including phenoxy) is 1. The maximum Gasteiger partial charge on any atom is 0.0575 e. The van der Waals surface area contributed by atoms with E-state index in [4.69, 9.17) is 4.74 Å². The lowest BCUT2D eigenvalue weighted by molar-refractivity contribution is 0.0209. The molecule has 24 heavy (non-hydrogen) atoms. The SMILES string of the molecule is CCCCO[C@H]1CC[C@H](/C=C/C#Cc2ccc(CCC)cc2)CC1. The van der Waals surface area contributed by atoms with Gasteiger partial charge in [-0.15, -0.1) is 0 Å². The smallest absolute Gasteiger partial charge is 0.0575 e. The van der Waals surface area contributed by atoms with E-state index in [1.165, 1.54) is 50.5 Å². The van der Waals surface area contributed by atoms with E-state index in [1.54, 1.807) is 0 Å². The summed E-state index contributed by atoms with van der Waals surface area (Å²) < 4.78 is 5.93. The Bertz CT molecular complexity index is 536. The number of hydrogen-bond donors (Lipinski definition) is 0. The third-order valence-electron chi connectivity index (χ3n) is 4.73. The van der Waals surface area contributed by atoms with Gasteiger partial charge in [-0.3, -0.25) is 0 Å². The van der Waals surface area contributed by atoms with Gasteiger partial charge in [-0.05, 0) is 68.2 Å². The summed E-state index contributed by atoms with van der Waals surface area (Å²) in [6.07, 6.45) is 14.5. The van der Waals surface area contributed by atoms with E-state index in [9.17, 15) is 0 Å². The minimum atomic E-state index is 0.494. The van der Waals surface area contributed by atoms with Crippen LogP contribution < -0.4 is 0 Å². The molecule has 130 valence electrons. The van der Waals surface area contributed by atoms with Gasteiger partial charge in [-0.2, -0.15) is 0 Å². The molecule has 1 aliphatic carbocycles. The van der Waals surface area contributed by atoms with Crippen molar-refractivity contribution >= 4 is 0 Å². The van der Waals surface area contributed by atoms with Gasteiger partial charge in [0.2, 0.25) is 0 Å². The van der Waals surface area contributed by atoms with Crippen molar-refractivity contribution in [3.8, 4) is 11.8 Å². The van der Waals surface area contributed by atoms with Crippen molar-refractivity contribution in [2.45, 2.75) is 71.3 Å². The van der Waals surface area contributed by atoms with Crippen LogP contribution in [0.2, 0.25) is 0 Å². The second kappa shape index (κ2) is 11.1. The fourth-order valence-corrected chi connectivity index (χ4v) is 3.19. The Labute approximate surface area is 148 Å². The molecule has 0 N–H and O–H groups in total. The first-order valence-corrected chi connectivity index (χ1v) is 9.70. The molecule has 2 rings (SSSR count). The number of hydrogen-bond acceptors (Lipinski definition) is 1. The van der Waals surface area contributed by atoms with Crippen molar-refractivity contribution in [2.75, 3.05) is 6.61 Å². The van der Waals surface area contributed by atoms with E-state index in [0.29, 0.717) is 12.0 Å². The molecular weight excluding hydrogens is 292 g/mol. The summed E-state index contributed by atoms with van der Waals surface area (Å²) in [5.41, 5.74) is 2.50. The first-order chi connectivity index (χ1) is 11.8. The predicted molar refractivity (Wildman–Crippen MR) is 103 cm³/mol. The van der Waals surface area contributed by atoms with E-state index in [1.807, 2.05) is 6.08 Å². The standard InChI is InChI=1S/C23H32O/c1-3-5-19-24-23-17-15-22(16-18-23)10-7-6-9-21-13-11-20(8-4-2)12-14-21/h7,10-14,22-23H,3-5,8,15-19H2,1-2H3/b10-7+/t22-,23-. The summed E-state index contributed by atoms with van der Waals surface area (Å²) in [5.74, 6) is 7.10. The molecule has 0 atom stereocenters. The molecule has 0 saturated heterocycles. The molecule has 0 spiro atoms. The van der Waals surface area contributed by atoms with Crippen molar-refractivity contribution in [1.29, 1.82) is 0 Å². The largest absolute Gasteiger partial charge is 0.378 e. The lowest BCUT2D eigenvalue weighted by Crippen LogP contribution is -2.21. The van der Waals surface area contributed by atoms with Crippen LogP contribution in [0.3, 0.4) is 0 Å². The molecule has 0 radical (unpaired) electrons. The Morgan fingerprint density at radius 2 is 1.79 bits per heavy atom.